The van der Waals surface area contributed by atoms with Gasteiger partial charge in [0.25, 0.3) is 5.91 Å². The summed E-state index contributed by atoms with van der Waals surface area (Å²) >= 11 is 1.81. The minimum Gasteiger partial charge on any atom is -0.326 e. The maximum Gasteiger partial charge on any atom is 0.253 e. The molecule has 1 N–H and O–H groups in total. The van der Waals surface area contributed by atoms with Crippen molar-refractivity contribution in [3.63, 3.8) is 0 Å². The minimum atomic E-state index is -0.967. The highest BCUT2D eigenvalue weighted by Crippen LogP contribution is 2.57. The van der Waals surface area contributed by atoms with Crippen LogP contribution in [-0.2, 0) is 15.1 Å². The number of nitrogens with one attached hydrogen (secondary N) is 1. The molecule has 3 aliphatic heterocycles. The summed E-state index contributed by atoms with van der Waals surface area (Å²) in [4.78, 5) is 31.3. The number of benzene rings is 2. The van der Waals surface area contributed by atoms with E-state index in [0.717, 1.165) is 22.9 Å². The number of nitrogens with zero attached hydrogens (tertiary/aromatic N) is 2. The summed E-state index contributed by atoms with van der Waals surface area (Å²) in [5, 5.41) is 2.93. The Bertz CT molecular complexity index is 982. The Morgan fingerprint density at radius 2 is 2.00 bits per heavy atom. The first-order valence-electron chi connectivity index (χ1n) is 9.89. The van der Waals surface area contributed by atoms with Crippen molar-refractivity contribution in [3.05, 3.63) is 59.9 Å². The third kappa shape index (κ3) is 2.57. The first-order valence-corrected chi connectivity index (χ1v) is 11.0. The van der Waals surface area contributed by atoms with Crippen molar-refractivity contribution in [2.45, 2.75) is 24.9 Å². The molecule has 2 aromatic carbocycles. The zero-order chi connectivity index (χ0) is 20.2. The number of hydrogen-bond donors (Lipinski definition) is 1. The highest BCUT2D eigenvalue weighted by atomic mass is 32.2. The molecule has 3 aliphatic rings. The van der Waals surface area contributed by atoms with Crippen LogP contribution in [0.5, 0.6) is 0 Å². The van der Waals surface area contributed by atoms with Gasteiger partial charge >= 0.3 is 0 Å². The lowest BCUT2D eigenvalue weighted by atomic mass is 9.79. The molecular formula is C22H22FN3O2S. The molecule has 1 spiro atoms. The molecule has 3 atom stereocenters. The highest BCUT2D eigenvalue weighted by Gasteiger charge is 2.67. The molecule has 0 bridgehead atoms. The molecule has 0 saturated carbocycles. The van der Waals surface area contributed by atoms with Gasteiger partial charge in [0, 0.05) is 41.2 Å². The van der Waals surface area contributed by atoms with Crippen LogP contribution in [0.4, 0.5) is 15.8 Å². The second-order valence-electron chi connectivity index (χ2n) is 7.74. The third-order valence-corrected chi connectivity index (χ3v) is 7.45. The molecule has 29 heavy (non-hydrogen) atoms. The van der Waals surface area contributed by atoms with Crippen LogP contribution in [0, 0.1) is 11.7 Å². The Hall–Kier alpha value is -2.38. The number of amides is 2. The summed E-state index contributed by atoms with van der Waals surface area (Å²) < 4.78 is 13.2. The van der Waals surface area contributed by atoms with Gasteiger partial charge in [-0.05, 0) is 43.7 Å². The molecule has 5 nitrogen and oxygen atoms in total. The molecule has 3 heterocycles. The number of hydrogen-bond acceptors (Lipinski definition) is 4. The maximum absolute atomic E-state index is 13.8. The third-order valence-electron chi connectivity index (χ3n) is 6.37. The minimum absolute atomic E-state index is 0.00884. The van der Waals surface area contributed by atoms with Crippen molar-refractivity contribution in [2.75, 3.05) is 28.4 Å². The standard InChI is InChI=1S/C22H22FN3O2S/c1-2-25-19-6-4-3-5-17(19)22(21(25)28)18(11-16-12-29-13-26(16)22)20(27)24-15-9-7-14(23)8-10-15/h3-10,16,18H,2,11-13H2,1H3,(H,24,27)/t16-,18+,22-/m0/s1. The Balaban J connectivity index is 1.59. The molecule has 150 valence electrons. The number of rotatable bonds is 3. The Morgan fingerprint density at radius 3 is 2.76 bits per heavy atom. The first-order chi connectivity index (χ1) is 14.1. The maximum atomic E-state index is 13.8. The Kier molecular flexibility index (Phi) is 4.40. The van der Waals surface area contributed by atoms with Crippen LogP contribution < -0.4 is 10.2 Å². The summed E-state index contributed by atoms with van der Waals surface area (Å²) in [6.07, 6.45) is 0.637. The number of anilines is 2. The number of halogens is 1. The first kappa shape index (κ1) is 18.6. The highest BCUT2D eigenvalue weighted by molar-refractivity contribution is 7.99. The van der Waals surface area contributed by atoms with Gasteiger partial charge in [-0.15, -0.1) is 11.8 Å². The fourth-order valence-corrected chi connectivity index (χ4v) is 6.46. The van der Waals surface area contributed by atoms with Gasteiger partial charge in [-0.2, -0.15) is 0 Å². The average Bonchev–Trinajstić information content (AvgIpc) is 3.37. The molecule has 0 aromatic heterocycles. The van der Waals surface area contributed by atoms with Crippen LogP contribution in [0.1, 0.15) is 18.9 Å². The van der Waals surface area contributed by atoms with Gasteiger partial charge in [0.1, 0.15) is 11.4 Å². The monoisotopic (exact) mass is 411 g/mol. The van der Waals surface area contributed by atoms with Crippen LogP contribution in [0.15, 0.2) is 48.5 Å². The summed E-state index contributed by atoms with van der Waals surface area (Å²) in [6, 6.07) is 13.8. The van der Waals surface area contributed by atoms with Crippen molar-refractivity contribution < 1.29 is 14.0 Å². The molecule has 0 aliphatic carbocycles. The van der Waals surface area contributed by atoms with Gasteiger partial charge in [0.2, 0.25) is 5.91 Å². The van der Waals surface area contributed by atoms with Gasteiger partial charge in [0.15, 0.2) is 0 Å². The number of carbonyl (C=O) groups excluding carboxylic acids is 2. The van der Waals surface area contributed by atoms with Gasteiger partial charge in [0.05, 0.1) is 5.92 Å². The van der Waals surface area contributed by atoms with E-state index in [0.29, 0.717) is 18.7 Å². The number of carbonyl (C=O) groups is 2. The predicted octanol–water partition coefficient (Wildman–Crippen LogP) is 3.42. The molecule has 7 heteroatoms. The molecule has 5 rings (SSSR count). The Morgan fingerprint density at radius 1 is 1.24 bits per heavy atom. The molecule has 2 aromatic rings. The molecule has 2 fully saturated rings. The van der Waals surface area contributed by atoms with Crippen molar-refractivity contribution in [1.29, 1.82) is 0 Å². The fraction of sp³-hybridized carbons (Fsp3) is 0.364. The van der Waals surface area contributed by atoms with Crippen molar-refractivity contribution >= 4 is 35.0 Å². The summed E-state index contributed by atoms with van der Waals surface area (Å²) in [6.45, 7) is 2.53. The van der Waals surface area contributed by atoms with Crippen molar-refractivity contribution in [3.8, 4) is 0 Å². The summed E-state index contributed by atoms with van der Waals surface area (Å²) in [7, 11) is 0. The Labute approximate surface area is 173 Å². The number of fused-ring (bicyclic) bond motifs is 4. The smallest absolute Gasteiger partial charge is 0.253 e. The molecule has 2 amide bonds. The number of likely N-dealkylation sites (N-methyl/N-ethyl adjacent to an activating group) is 1. The predicted molar refractivity (Wildman–Crippen MR) is 112 cm³/mol. The largest absolute Gasteiger partial charge is 0.326 e. The lowest BCUT2D eigenvalue weighted by Crippen LogP contribution is -2.55. The zero-order valence-corrected chi connectivity index (χ0v) is 16.9. The molecular weight excluding hydrogens is 389 g/mol. The lowest BCUT2D eigenvalue weighted by Gasteiger charge is -2.36. The van der Waals surface area contributed by atoms with E-state index < -0.39 is 11.5 Å². The van der Waals surface area contributed by atoms with E-state index in [-0.39, 0.29) is 23.7 Å². The van der Waals surface area contributed by atoms with Crippen LogP contribution in [0.2, 0.25) is 0 Å². The SMILES string of the molecule is CCN1C(=O)[C@]2(c3ccccc31)[C@@H](C(=O)Nc1ccc(F)cc1)C[C@H]1CSCN12. The van der Waals surface area contributed by atoms with E-state index in [1.165, 1.54) is 12.1 Å². The van der Waals surface area contributed by atoms with Crippen LogP contribution >= 0.6 is 11.8 Å². The van der Waals surface area contributed by atoms with Crippen LogP contribution in [0.3, 0.4) is 0 Å². The number of para-hydroxylation sites is 1. The van der Waals surface area contributed by atoms with E-state index in [1.807, 2.05) is 43.0 Å². The second-order valence-corrected chi connectivity index (χ2v) is 8.74. The topological polar surface area (TPSA) is 52.7 Å². The van der Waals surface area contributed by atoms with Gasteiger partial charge in [-0.1, -0.05) is 18.2 Å². The summed E-state index contributed by atoms with van der Waals surface area (Å²) in [5.41, 5.74) is 1.40. The fourth-order valence-electron chi connectivity index (χ4n) is 5.16. The van der Waals surface area contributed by atoms with E-state index in [4.69, 9.17) is 0 Å². The van der Waals surface area contributed by atoms with Gasteiger partial charge < -0.3 is 10.2 Å². The van der Waals surface area contributed by atoms with E-state index in [1.54, 1.807) is 17.0 Å². The second kappa shape index (κ2) is 6.85. The molecule has 2 saturated heterocycles. The van der Waals surface area contributed by atoms with E-state index in [9.17, 15) is 14.0 Å². The lowest BCUT2D eigenvalue weighted by molar-refractivity contribution is -0.136. The van der Waals surface area contributed by atoms with Crippen LogP contribution in [0.25, 0.3) is 0 Å². The van der Waals surface area contributed by atoms with E-state index in [2.05, 4.69) is 10.2 Å². The summed E-state index contributed by atoms with van der Waals surface area (Å²) in [5.74, 6) is 0.620. The van der Waals surface area contributed by atoms with Gasteiger partial charge in [-0.25, -0.2) is 4.39 Å². The average molecular weight is 412 g/mol. The quantitative estimate of drug-likeness (QED) is 0.841. The van der Waals surface area contributed by atoms with Crippen LogP contribution in [-0.4, -0.2) is 40.9 Å². The molecule has 0 radical (unpaired) electrons. The number of thioether (sulfide) groups is 1. The van der Waals surface area contributed by atoms with Crippen molar-refractivity contribution in [1.82, 2.24) is 4.90 Å². The van der Waals surface area contributed by atoms with Gasteiger partial charge in [-0.3, -0.25) is 14.5 Å². The van der Waals surface area contributed by atoms with E-state index >= 15 is 0 Å². The zero-order valence-electron chi connectivity index (χ0n) is 16.1. The normalized spacial score (nSPS) is 28.1. The van der Waals surface area contributed by atoms with Crippen molar-refractivity contribution in [2.24, 2.45) is 5.92 Å². The molecule has 0 unspecified atom stereocenters.